The zero-order valence-corrected chi connectivity index (χ0v) is 14.4. The molecule has 0 saturated heterocycles. The van der Waals surface area contributed by atoms with E-state index < -0.39 is 0 Å². The number of hydrogen-bond donors (Lipinski definition) is 1. The summed E-state index contributed by atoms with van der Waals surface area (Å²) in [5.41, 5.74) is 1.78. The van der Waals surface area contributed by atoms with E-state index in [4.69, 9.17) is 4.42 Å². The van der Waals surface area contributed by atoms with E-state index in [0.29, 0.717) is 17.5 Å². The summed E-state index contributed by atoms with van der Waals surface area (Å²) in [5, 5.41) is 2.91. The van der Waals surface area contributed by atoms with Crippen molar-refractivity contribution in [2.75, 3.05) is 0 Å². The van der Waals surface area contributed by atoms with Crippen molar-refractivity contribution < 1.29 is 13.6 Å². The first kappa shape index (κ1) is 17.2. The number of benzene rings is 2. The Morgan fingerprint density at radius 2 is 1.92 bits per heavy atom. The van der Waals surface area contributed by atoms with Crippen LogP contribution in [0.3, 0.4) is 0 Å². The molecule has 0 spiro atoms. The van der Waals surface area contributed by atoms with Crippen molar-refractivity contribution in [2.45, 2.75) is 23.9 Å². The molecule has 1 heterocycles. The number of halogens is 1. The van der Waals surface area contributed by atoms with Gasteiger partial charge in [-0.1, -0.05) is 54.2 Å². The summed E-state index contributed by atoms with van der Waals surface area (Å²) in [7, 11) is 0. The number of aromatic nitrogens is 1. The van der Waals surface area contributed by atoms with Gasteiger partial charge >= 0.3 is 0 Å². The Hall–Kier alpha value is -2.60. The highest BCUT2D eigenvalue weighted by molar-refractivity contribution is 8.00. The molecule has 0 saturated carbocycles. The monoisotopic (exact) mass is 356 g/mol. The summed E-state index contributed by atoms with van der Waals surface area (Å²) >= 11 is 1.25. The van der Waals surface area contributed by atoms with Gasteiger partial charge in [-0.15, -0.1) is 0 Å². The lowest BCUT2D eigenvalue weighted by atomic mass is 10.2. The third-order valence-electron chi connectivity index (χ3n) is 3.57. The van der Waals surface area contributed by atoms with Crippen LogP contribution in [0.4, 0.5) is 4.39 Å². The number of carbonyl (C=O) groups is 1. The molecule has 0 unspecified atom stereocenters. The Labute approximate surface area is 149 Å². The van der Waals surface area contributed by atoms with Crippen LogP contribution >= 0.6 is 11.8 Å². The standard InChI is InChI=1S/C19H17FN2O2S/c1-13(18(23)21-11-14-7-9-16(20)10-8-14)25-19-22-12-17(24-19)15-5-3-2-4-6-15/h2-10,12-13H,11H2,1H3,(H,21,23)/t13-/m1/s1. The number of rotatable bonds is 6. The highest BCUT2D eigenvalue weighted by Gasteiger charge is 2.17. The Morgan fingerprint density at radius 1 is 1.20 bits per heavy atom. The predicted octanol–water partition coefficient (Wildman–Crippen LogP) is 4.28. The van der Waals surface area contributed by atoms with E-state index >= 15 is 0 Å². The van der Waals surface area contributed by atoms with Crippen LogP contribution in [0.5, 0.6) is 0 Å². The minimum atomic E-state index is -0.359. The molecule has 0 fully saturated rings. The lowest BCUT2D eigenvalue weighted by Gasteiger charge is -2.10. The molecule has 3 rings (SSSR count). The zero-order chi connectivity index (χ0) is 17.6. The Balaban J connectivity index is 1.54. The summed E-state index contributed by atoms with van der Waals surface area (Å²) < 4.78 is 18.6. The minimum absolute atomic E-state index is 0.131. The van der Waals surface area contributed by atoms with E-state index in [0.717, 1.165) is 11.1 Å². The molecule has 1 atom stereocenters. The second-order valence-electron chi connectivity index (χ2n) is 5.46. The van der Waals surface area contributed by atoms with Gasteiger partial charge in [0, 0.05) is 12.1 Å². The minimum Gasteiger partial charge on any atom is -0.431 e. The highest BCUT2D eigenvalue weighted by Crippen LogP contribution is 2.27. The van der Waals surface area contributed by atoms with Gasteiger partial charge in [0.2, 0.25) is 5.91 Å². The van der Waals surface area contributed by atoms with Crippen LogP contribution in [-0.4, -0.2) is 16.1 Å². The number of nitrogens with one attached hydrogen (secondary N) is 1. The van der Waals surface area contributed by atoms with Crippen LogP contribution in [0, 0.1) is 5.82 Å². The van der Waals surface area contributed by atoms with Crippen LogP contribution in [0.25, 0.3) is 11.3 Å². The SMILES string of the molecule is C[C@@H](Sc1ncc(-c2ccccc2)o1)C(=O)NCc1ccc(F)cc1. The first-order valence-corrected chi connectivity index (χ1v) is 8.70. The van der Waals surface area contributed by atoms with Crippen molar-refractivity contribution in [3.05, 3.63) is 72.2 Å². The van der Waals surface area contributed by atoms with Gasteiger partial charge in [0.15, 0.2) is 5.76 Å². The van der Waals surface area contributed by atoms with Crippen LogP contribution in [0.2, 0.25) is 0 Å². The Morgan fingerprint density at radius 3 is 2.64 bits per heavy atom. The molecule has 0 aliphatic carbocycles. The summed E-state index contributed by atoms with van der Waals surface area (Å²) in [6, 6.07) is 15.7. The molecule has 128 valence electrons. The average Bonchev–Trinajstić information content (AvgIpc) is 3.10. The van der Waals surface area contributed by atoms with Gasteiger partial charge in [-0.3, -0.25) is 4.79 Å². The van der Waals surface area contributed by atoms with Gasteiger partial charge in [0.1, 0.15) is 5.82 Å². The number of nitrogens with zero attached hydrogens (tertiary/aromatic N) is 1. The van der Waals surface area contributed by atoms with Crippen molar-refractivity contribution in [1.82, 2.24) is 10.3 Å². The molecular weight excluding hydrogens is 339 g/mol. The second-order valence-corrected chi connectivity index (χ2v) is 6.75. The maximum Gasteiger partial charge on any atom is 0.256 e. The topological polar surface area (TPSA) is 55.1 Å². The normalized spacial score (nSPS) is 11.9. The van der Waals surface area contributed by atoms with Gasteiger partial charge in [-0.2, -0.15) is 0 Å². The maximum atomic E-state index is 12.9. The van der Waals surface area contributed by atoms with E-state index in [9.17, 15) is 9.18 Å². The Bertz CT molecular complexity index is 834. The fourth-order valence-corrected chi connectivity index (χ4v) is 2.93. The lowest BCUT2D eigenvalue weighted by Crippen LogP contribution is -2.30. The molecule has 1 amide bonds. The van der Waals surface area contributed by atoms with Gasteiger partial charge < -0.3 is 9.73 Å². The molecule has 0 bridgehead atoms. The Kier molecular flexibility index (Phi) is 5.50. The first-order valence-electron chi connectivity index (χ1n) is 7.82. The summed E-state index contributed by atoms with van der Waals surface area (Å²) in [5.74, 6) is 0.243. The quantitative estimate of drug-likeness (QED) is 0.670. The van der Waals surface area contributed by atoms with Gasteiger partial charge in [0.05, 0.1) is 11.4 Å². The number of oxazole rings is 1. The molecule has 0 aliphatic rings. The number of amides is 1. The molecule has 2 aromatic carbocycles. The van der Waals surface area contributed by atoms with E-state index in [1.54, 1.807) is 25.3 Å². The van der Waals surface area contributed by atoms with Gasteiger partial charge in [-0.25, -0.2) is 9.37 Å². The molecule has 1 N–H and O–H groups in total. The molecule has 6 heteroatoms. The molecule has 1 aromatic heterocycles. The van der Waals surface area contributed by atoms with Crippen molar-refractivity contribution in [3.8, 4) is 11.3 Å². The maximum absolute atomic E-state index is 12.9. The van der Waals surface area contributed by atoms with Crippen LogP contribution in [-0.2, 0) is 11.3 Å². The fourth-order valence-electron chi connectivity index (χ4n) is 2.19. The third-order valence-corrected chi connectivity index (χ3v) is 4.53. The van der Waals surface area contributed by atoms with E-state index in [-0.39, 0.29) is 17.0 Å². The third kappa shape index (κ3) is 4.70. The summed E-state index contributed by atoms with van der Waals surface area (Å²) in [6.45, 7) is 2.14. The summed E-state index contributed by atoms with van der Waals surface area (Å²) in [6.07, 6.45) is 1.65. The van der Waals surface area contributed by atoms with Crippen molar-refractivity contribution in [1.29, 1.82) is 0 Å². The second kappa shape index (κ2) is 7.98. The van der Waals surface area contributed by atoms with Gasteiger partial charge in [-0.05, 0) is 24.6 Å². The lowest BCUT2D eigenvalue weighted by molar-refractivity contribution is -0.120. The van der Waals surface area contributed by atoms with Crippen LogP contribution in [0.15, 0.2) is 70.4 Å². The van der Waals surface area contributed by atoms with Gasteiger partial charge in [0.25, 0.3) is 5.22 Å². The van der Waals surface area contributed by atoms with Crippen LogP contribution in [0.1, 0.15) is 12.5 Å². The molecular formula is C19H17FN2O2S. The van der Waals surface area contributed by atoms with Crippen molar-refractivity contribution >= 4 is 17.7 Å². The molecule has 3 aromatic rings. The van der Waals surface area contributed by atoms with Crippen molar-refractivity contribution in [3.63, 3.8) is 0 Å². The summed E-state index contributed by atoms with van der Waals surface area (Å²) in [4.78, 5) is 16.4. The zero-order valence-electron chi connectivity index (χ0n) is 13.6. The van der Waals surface area contributed by atoms with Crippen molar-refractivity contribution in [2.24, 2.45) is 0 Å². The number of carbonyl (C=O) groups excluding carboxylic acids is 1. The molecule has 25 heavy (non-hydrogen) atoms. The fraction of sp³-hybridized carbons (Fsp3) is 0.158. The first-order chi connectivity index (χ1) is 12.1. The van der Waals surface area contributed by atoms with E-state index in [2.05, 4.69) is 10.3 Å². The van der Waals surface area contributed by atoms with E-state index in [1.165, 1.54) is 23.9 Å². The molecule has 0 aliphatic heterocycles. The predicted molar refractivity (Wildman–Crippen MR) is 95.5 cm³/mol. The highest BCUT2D eigenvalue weighted by atomic mass is 32.2. The van der Waals surface area contributed by atoms with E-state index in [1.807, 2.05) is 30.3 Å². The van der Waals surface area contributed by atoms with Crippen LogP contribution < -0.4 is 5.32 Å². The number of hydrogen-bond acceptors (Lipinski definition) is 4. The average molecular weight is 356 g/mol. The molecule has 4 nitrogen and oxygen atoms in total. The molecule has 0 radical (unpaired) electrons. The largest absolute Gasteiger partial charge is 0.431 e. The number of thioether (sulfide) groups is 1. The smallest absolute Gasteiger partial charge is 0.256 e.